The fourth-order valence-corrected chi connectivity index (χ4v) is 3.01. The minimum absolute atomic E-state index is 0.0430. The fraction of sp³-hybridized carbons (Fsp3) is 0.158. The molecular weight excluding hydrogens is 300 g/mol. The van der Waals surface area contributed by atoms with Gasteiger partial charge in [-0.1, -0.05) is 30.3 Å². The molecule has 0 bridgehead atoms. The van der Waals surface area contributed by atoms with Crippen LogP contribution in [-0.4, -0.2) is 21.4 Å². The first-order chi connectivity index (χ1) is 11.8. The van der Waals surface area contributed by atoms with Crippen molar-refractivity contribution in [2.24, 2.45) is 5.10 Å². The number of aromatic nitrogens is 2. The maximum atomic E-state index is 6.09. The van der Waals surface area contributed by atoms with Gasteiger partial charge in [0.25, 0.3) is 0 Å². The largest absolute Gasteiger partial charge is 0.487 e. The van der Waals surface area contributed by atoms with Gasteiger partial charge in [-0.2, -0.15) is 5.10 Å². The summed E-state index contributed by atoms with van der Waals surface area (Å²) >= 11 is 0. The molecule has 0 spiro atoms. The first-order valence-corrected chi connectivity index (χ1v) is 7.95. The molecule has 2 aromatic carbocycles. The molecule has 1 N–H and O–H groups in total. The van der Waals surface area contributed by atoms with E-state index in [4.69, 9.17) is 9.84 Å². The van der Waals surface area contributed by atoms with Crippen LogP contribution in [0.3, 0.4) is 0 Å². The molecule has 0 saturated carbocycles. The second-order valence-electron chi connectivity index (χ2n) is 5.75. The molecule has 120 valence electrons. The standard InChI is InChI=1S/C19H18N4O/c1-14-19(23-12-11-20-13-23)18(16-9-5-6-10-17(16)24-14)22-21-15-7-3-2-4-8-15/h2-14,19,21H,1H3/b22-18-. The third-order valence-electron chi connectivity index (χ3n) is 4.13. The van der Waals surface area contributed by atoms with Gasteiger partial charge >= 0.3 is 0 Å². The van der Waals surface area contributed by atoms with E-state index in [0.29, 0.717) is 0 Å². The summed E-state index contributed by atoms with van der Waals surface area (Å²) in [4.78, 5) is 4.17. The summed E-state index contributed by atoms with van der Waals surface area (Å²) in [5.41, 5.74) is 6.05. The molecule has 0 saturated heterocycles. The van der Waals surface area contributed by atoms with Crippen molar-refractivity contribution in [1.29, 1.82) is 0 Å². The molecule has 2 unspecified atom stereocenters. The molecule has 1 aromatic heterocycles. The second-order valence-corrected chi connectivity index (χ2v) is 5.75. The number of nitrogens with zero attached hydrogens (tertiary/aromatic N) is 3. The monoisotopic (exact) mass is 318 g/mol. The van der Waals surface area contributed by atoms with Crippen molar-refractivity contribution < 1.29 is 4.74 Å². The van der Waals surface area contributed by atoms with Gasteiger partial charge in [-0.25, -0.2) is 4.98 Å². The zero-order valence-electron chi connectivity index (χ0n) is 13.3. The van der Waals surface area contributed by atoms with Crippen LogP contribution in [0, 0.1) is 0 Å². The van der Waals surface area contributed by atoms with Crippen molar-refractivity contribution >= 4 is 11.4 Å². The Morgan fingerprint density at radius 2 is 1.88 bits per heavy atom. The molecule has 0 radical (unpaired) electrons. The molecule has 4 rings (SSSR count). The Hall–Kier alpha value is -3.08. The Morgan fingerprint density at radius 3 is 2.67 bits per heavy atom. The van der Waals surface area contributed by atoms with E-state index in [1.165, 1.54) is 0 Å². The van der Waals surface area contributed by atoms with Crippen molar-refractivity contribution in [3.63, 3.8) is 0 Å². The average Bonchev–Trinajstić information content (AvgIpc) is 3.14. The third kappa shape index (κ3) is 2.65. The van der Waals surface area contributed by atoms with Crippen LogP contribution in [0.5, 0.6) is 5.75 Å². The molecule has 5 nitrogen and oxygen atoms in total. The van der Waals surface area contributed by atoms with Crippen LogP contribution in [0.2, 0.25) is 0 Å². The van der Waals surface area contributed by atoms with Crippen molar-refractivity contribution in [2.45, 2.75) is 19.1 Å². The molecule has 5 heteroatoms. The Kier molecular flexibility index (Phi) is 3.75. The number of nitrogens with one attached hydrogen (secondary N) is 1. The highest BCUT2D eigenvalue weighted by Gasteiger charge is 2.34. The number of hydrogen-bond acceptors (Lipinski definition) is 4. The topological polar surface area (TPSA) is 51.4 Å². The Morgan fingerprint density at radius 1 is 1.08 bits per heavy atom. The highest BCUT2D eigenvalue weighted by molar-refractivity contribution is 6.07. The van der Waals surface area contributed by atoms with Gasteiger partial charge in [0.05, 0.1) is 17.7 Å². The average molecular weight is 318 g/mol. The number of hydrogen-bond donors (Lipinski definition) is 1. The summed E-state index contributed by atoms with van der Waals surface area (Å²) in [5, 5.41) is 4.72. The number of para-hydroxylation sites is 2. The third-order valence-corrected chi connectivity index (χ3v) is 4.13. The second kappa shape index (κ2) is 6.20. The Bertz CT molecular complexity index is 843. The summed E-state index contributed by atoms with van der Waals surface area (Å²) in [6.45, 7) is 2.05. The van der Waals surface area contributed by atoms with Crippen molar-refractivity contribution in [1.82, 2.24) is 9.55 Å². The first-order valence-electron chi connectivity index (χ1n) is 7.95. The van der Waals surface area contributed by atoms with Crippen molar-refractivity contribution in [3.05, 3.63) is 78.9 Å². The number of fused-ring (bicyclic) bond motifs is 1. The zero-order chi connectivity index (χ0) is 16.4. The molecule has 3 aromatic rings. The van der Waals surface area contributed by atoms with Crippen LogP contribution in [0.25, 0.3) is 0 Å². The van der Waals surface area contributed by atoms with Crippen LogP contribution in [0.15, 0.2) is 78.4 Å². The molecule has 24 heavy (non-hydrogen) atoms. The van der Waals surface area contributed by atoms with Crippen LogP contribution in [0.1, 0.15) is 18.5 Å². The quantitative estimate of drug-likeness (QED) is 0.749. The van der Waals surface area contributed by atoms with E-state index in [1.54, 1.807) is 12.5 Å². The summed E-state index contributed by atoms with van der Waals surface area (Å²) in [6.07, 6.45) is 5.47. The Labute approximate surface area is 140 Å². The van der Waals surface area contributed by atoms with Gasteiger partial charge in [-0.3, -0.25) is 5.43 Å². The van der Waals surface area contributed by atoms with E-state index in [9.17, 15) is 0 Å². The van der Waals surface area contributed by atoms with Crippen LogP contribution >= 0.6 is 0 Å². The SMILES string of the molecule is CC1Oc2ccccc2/C(=N/Nc2ccccc2)C1n1ccnc1. The molecule has 0 fully saturated rings. The summed E-state index contributed by atoms with van der Waals surface area (Å²) in [5.74, 6) is 0.856. The maximum Gasteiger partial charge on any atom is 0.129 e. The molecule has 0 amide bonds. The van der Waals surface area contributed by atoms with E-state index in [0.717, 1.165) is 22.7 Å². The molecule has 0 aliphatic carbocycles. The van der Waals surface area contributed by atoms with E-state index in [-0.39, 0.29) is 12.1 Å². The summed E-state index contributed by atoms with van der Waals surface area (Å²) in [6, 6.07) is 17.9. The van der Waals surface area contributed by atoms with Crippen molar-refractivity contribution in [3.8, 4) is 5.75 Å². The highest BCUT2D eigenvalue weighted by Crippen LogP contribution is 2.34. The van der Waals surface area contributed by atoms with Gasteiger partial charge in [-0.05, 0) is 31.2 Å². The van der Waals surface area contributed by atoms with E-state index in [1.807, 2.05) is 65.4 Å². The van der Waals surface area contributed by atoms with E-state index in [2.05, 4.69) is 17.3 Å². The van der Waals surface area contributed by atoms with Gasteiger partial charge in [0.15, 0.2) is 0 Å². The van der Waals surface area contributed by atoms with Crippen LogP contribution < -0.4 is 10.2 Å². The van der Waals surface area contributed by atoms with Gasteiger partial charge in [0.1, 0.15) is 17.9 Å². The molecule has 2 heterocycles. The number of anilines is 1. The van der Waals surface area contributed by atoms with E-state index >= 15 is 0 Å². The minimum atomic E-state index is -0.0505. The number of rotatable bonds is 3. The van der Waals surface area contributed by atoms with Crippen molar-refractivity contribution in [2.75, 3.05) is 5.43 Å². The molecule has 1 aliphatic rings. The number of ether oxygens (including phenoxy) is 1. The lowest BCUT2D eigenvalue weighted by Gasteiger charge is -2.33. The van der Waals surface area contributed by atoms with Gasteiger partial charge in [0, 0.05) is 18.0 Å². The minimum Gasteiger partial charge on any atom is -0.487 e. The van der Waals surface area contributed by atoms with Crippen LogP contribution in [-0.2, 0) is 0 Å². The van der Waals surface area contributed by atoms with Gasteiger partial charge in [-0.15, -0.1) is 0 Å². The predicted molar refractivity (Wildman–Crippen MR) is 94.4 cm³/mol. The predicted octanol–water partition coefficient (Wildman–Crippen LogP) is 3.72. The number of hydrazone groups is 1. The molecular formula is C19H18N4O. The summed E-state index contributed by atoms with van der Waals surface area (Å²) < 4.78 is 8.13. The lowest BCUT2D eigenvalue weighted by molar-refractivity contribution is 0.177. The molecule has 1 aliphatic heterocycles. The smallest absolute Gasteiger partial charge is 0.129 e. The van der Waals surface area contributed by atoms with Gasteiger partial charge in [0.2, 0.25) is 0 Å². The maximum absolute atomic E-state index is 6.09. The number of imidazole rings is 1. The molecule has 2 atom stereocenters. The Balaban J connectivity index is 1.78. The normalized spacial score (nSPS) is 21.1. The first kappa shape index (κ1) is 14.5. The lowest BCUT2D eigenvalue weighted by atomic mass is 9.95. The fourth-order valence-electron chi connectivity index (χ4n) is 3.01. The van der Waals surface area contributed by atoms with Gasteiger partial charge < -0.3 is 9.30 Å². The zero-order valence-corrected chi connectivity index (χ0v) is 13.3. The number of benzene rings is 2. The summed E-state index contributed by atoms with van der Waals surface area (Å²) in [7, 11) is 0. The highest BCUT2D eigenvalue weighted by atomic mass is 16.5. The lowest BCUT2D eigenvalue weighted by Crippen LogP contribution is -2.38. The van der Waals surface area contributed by atoms with E-state index < -0.39 is 0 Å². The van der Waals surface area contributed by atoms with Crippen LogP contribution in [0.4, 0.5) is 5.69 Å².